The molecular formula is C9H15N5O3. The summed E-state index contributed by atoms with van der Waals surface area (Å²) in [6.07, 6.45) is 1.31. The Morgan fingerprint density at radius 2 is 2.18 bits per heavy atom. The highest BCUT2D eigenvalue weighted by molar-refractivity contribution is 5.81. The van der Waals surface area contributed by atoms with E-state index in [4.69, 9.17) is 5.11 Å². The molecule has 1 aromatic rings. The number of aromatic nitrogens is 4. The molecule has 0 aliphatic rings. The van der Waals surface area contributed by atoms with Gasteiger partial charge in [-0.05, 0) is 16.3 Å². The summed E-state index contributed by atoms with van der Waals surface area (Å²) in [4.78, 5) is 23.8. The first kappa shape index (κ1) is 13.1. The van der Waals surface area contributed by atoms with Gasteiger partial charge >= 0.3 is 5.97 Å². The highest BCUT2D eigenvalue weighted by Crippen LogP contribution is 2.00. The lowest BCUT2D eigenvalue weighted by Crippen LogP contribution is -2.40. The van der Waals surface area contributed by atoms with E-state index in [0.717, 1.165) is 0 Å². The van der Waals surface area contributed by atoms with Crippen molar-refractivity contribution in [2.45, 2.75) is 20.4 Å². The molecule has 0 saturated carbocycles. The number of carboxylic acid groups (broad SMARTS) is 1. The number of carbonyl (C=O) groups excluding carboxylic acids is 1. The summed E-state index contributed by atoms with van der Waals surface area (Å²) < 4.78 is 1.26. The lowest BCUT2D eigenvalue weighted by molar-refractivity contribution is -0.145. The van der Waals surface area contributed by atoms with E-state index in [1.165, 1.54) is 15.9 Å². The van der Waals surface area contributed by atoms with E-state index in [1.54, 1.807) is 0 Å². The minimum atomic E-state index is -1.03. The van der Waals surface area contributed by atoms with Gasteiger partial charge in [-0.3, -0.25) is 9.59 Å². The summed E-state index contributed by atoms with van der Waals surface area (Å²) in [5, 5.41) is 19.1. The predicted octanol–water partition coefficient (Wildman–Crippen LogP) is -0.758. The normalized spacial score (nSPS) is 10.5. The van der Waals surface area contributed by atoms with Crippen LogP contribution in [0.5, 0.6) is 0 Å². The van der Waals surface area contributed by atoms with Crippen molar-refractivity contribution < 1.29 is 14.7 Å². The van der Waals surface area contributed by atoms with E-state index in [9.17, 15) is 9.59 Å². The number of rotatable bonds is 6. The molecule has 94 valence electrons. The molecule has 8 heteroatoms. The summed E-state index contributed by atoms with van der Waals surface area (Å²) in [6, 6.07) is 0. The number of hydrogen-bond acceptors (Lipinski definition) is 5. The third-order valence-electron chi connectivity index (χ3n) is 1.95. The number of nitrogens with zero attached hydrogens (tertiary/aromatic N) is 5. The van der Waals surface area contributed by atoms with Gasteiger partial charge in [-0.2, -0.15) is 0 Å². The van der Waals surface area contributed by atoms with E-state index in [-0.39, 0.29) is 24.9 Å². The van der Waals surface area contributed by atoms with Crippen molar-refractivity contribution in [1.82, 2.24) is 25.1 Å². The number of amides is 1. The summed E-state index contributed by atoms with van der Waals surface area (Å²) in [5.41, 5.74) is 0. The van der Waals surface area contributed by atoms with Crippen LogP contribution in [-0.2, 0) is 16.1 Å². The van der Waals surface area contributed by atoms with Crippen LogP contribution in [-0.4, -0.2) is 55.2 Å². The third-order valence-corrected chi connectivity index (χ3v) is 1.95. The number of aliphatic carboxylic acids is 1. The molecule has 0 unspecified atom stereocenters. The fraction of sp³-hybridized carbons (Fsp3) is 0.667. The minimum absolute atomic E-state index is 0.0486. The topological polar surface area (TPSA) is 101 Å². The van der Waals surface area contributed by atoms with Crippen molar-refractivity contribution in [3.8, 4) is 0 Å². The number of carboxylic acids is 1. The van der Waals surface area contributed by atoms with E-state index in [1.807, 2.05) is 13.8 Å². The van der Waals surface area contributed by atoms with Crippen molar-refractivity contribution in [3.05, 3.63) is 6.33 Å². The Labute approximate surface area is 98.2 Å². The van der Waals surface area contributed by atoms with Gasteiger partial charge < -0.3 is 10.0 Å². The Kier molecular flexibility index (Phi) is 4.56. The molecule has 0 aliphatic carbocycles. The summed E-state index contributed by atoms with van der Waals surface area (Å²) in [5.74, 6) is -1.14. The van der Waals surface area contributed by atoms with Crippen LogP contribution in [0.4, 0.5) is 0 Å². The SMILES string of the molecule is CC(C)CN(CC(=O)O)C(=O)Cn1cnnn1. The number of tetrazole rings is 1. The summed E-state index contributed by atoms with van der Waals surface area (Å²) in [7, 11) is 0. The average molecular weight is 241 g/mol. The zero-order valence-electron chi connectivity index (χ0n) is 9.78. The second kappa shape index (κ2) is 5.92. The Hall–Kier alpha value is -1.99. The van der Waals surface area contributed by atoms with Crippen molar-refractivity contribution >= 4 is 11.9 Å². The standard InChI is InChI=1S/C9H15N5O3/c1-7(2)3-13(5-9(16)17)8(15)4-14-6-10-11-12-14/h6-7H,3-5H2,1-2H3,(H,16,17). The smallest absolute Gasteiger partial charge is 0.323 e. The van der Waals surface area contributed by atoms with E-state index >= 15 is 0 Å². The first-order chi connectivity index (χ1) is 7.99. The fourth-order valence-corrected chi connectivity index (χ4v) is 1.35. The molecule has 1 heterocycles. The Balaban J connectivity index is 2.61. The molecular weight excluding hydrogens is 226 g/mol. The minimum Gasteiger partial charge on any atom is -0.480 e. The van der Waals surface area contributed by atoms with Crippen LogP contribution >= 0.6 is 0 Å². The lowest BCUT2D eigenvalue weighted by atomic mass is 10.2. The van der Waals surface area contributed by atoms with Gasteiger partial charge in [0.2, 0.25) is 5.91 Å². The monoisotopic (exact) mass is 241 g/mol. The highest BCUT2D eigenvalue weighted by Gasteiger charge is 2.18. The third kappa shape index (κ3) is 4.58. The van der Waals surface area contributed by atoms with Crippen LogP contribution in [0.1, 0.15) is 13.8 Å². The molecule has 0 atom stereocenters. The molecule has 0 aliphatic heterocycles. The van der Waals surface area contributed by atoms with Crippen LogP contribution in [0.25, 0.3) is 0 Å². The molecule has 1 N–H and O–H groups in total. The summed E-state index contributed by atoms with van der Waals surface area (Å²) in [6.45, 7) is 3.87. The van der Waals surface area contributed by atoms with Crippen LogP contribution < -0.4 is 0 Å². The zero-order valence-corrected chi connectivity index (χ0v) is 9.78. The Morgan fingerprint density at radius 1 is 1.47 bits per heavy atom. The van der Waals surface area contributed by atoms with Crippen molar-refractivity contribution in [1.29, 1.82) is 0 Å². The second-order valence-corrected chi connectivity index (χ2v) is 4.07. The number of carbonyl (C=O) groups is 2. The summed E-state index contributed by atoms with van der Waals surface area (Å²) >= 11 is 0. The maximum atomic E-state index is 11.8. The van der Waals surface area contributed by atoms with Crippen LogP contribution in [0.15, 0.2) is 6.33 Å². The van der Waals surface area contributed by atoms with Gasteiger partial charge in [0.15, 0.2) is 0 Å². The molecule has 1 aromatic heterocycles. The first-order valence-electron chi connectivity index (χ1n) is 5.19. The maximum absolute atomic E-state index is 11.8. The molecule has 0 radical (unpaired) electrons. The fourth-order valence-electron chi connectivity index (χ4n) is 1.35. The molecule has 0 bridgehead atoms. The van der Waals surface area contributed by atoms with Crippen molar-refractivity contribution in [2.75, 3.05) is 13.1 Å². The molecule has 0 saturated heterocycles. The Morgan fingerprint density at radius 3 is 2.65 bits per heavy atom. The van der Waals surface area contributed by atoms with Crippen molar-refractivity contribution in [2.24, 2.45) is 5.92 Å². The van der Waals surface area contributed by atoms with Gasteiger partial charge in [0.1, 0.15) is 19.4 Å². The van der Waals surface area contributed by atoms with Gasteiger partial charge in [0, 0.05) is 6.54 Å². The van der Waals surface area contributed by atoms with Crippen molar-refractivity contribution in [3.63, 3.8) is 0 Å². The first-order valence-corrected chi connectivity index (χ1v) is 5.19. The van der Waals surface area contributed by atoms with Gasteiger partial charge in [0.05, 0.1) is 0 Å². The lowest BCUT2D eigenvalue weighted by Gasteiger charge is -2.22. The number of hydrogen-bond donors (Lipinski definition) is 1. The average Bonchev–Trinajstić information content (AvgIpc) is 2.67. The molecule has 1 rings (SSSR count). The van der Waals surface area contributed by atoms with Gasteiger partial charge in [0.25, 0.3) is 0 Å². The predicted molar refractivity (Wildman–Crippen MR) is 56.9 cm³/mol. The van der Waals surface area contributed by atoms with Crippen LogP contribution in [0, 0.1) is 5.92 Å². The second-order valence-electron chi connectivity index (χ2n) is 4.07. The Bertz CT molecular complexity index is 376. The van der Waals surface area contributed by atoms with Gasteiger partial charge in [-0.25, -0.2) is 4.68 Å². The van der Waals surface area contributed by atoms with E-state index < -0.39 is 5.97 Å². The van der Waals surface area contributed by atoms with Crippen LogP contribution in [0.3, 0.4) is 0 Å². The van der Waals surface area contributed by atoms with Crippen LogP contribution in [0.2, 0.25) is 0 Å². The van der Waals surface area contributed by atoms with Gasteiger partial charge in [-0.15, -0.1) is 5.10 Å². The van der Waals surface area contributed by atoms with E-state index in [0.29, 0.717) is 6.54 Å². The zero-order chi connectivity index (χ0) is 12.8. The van der Waals surface area contributed by atoms with E-state index in [2.05, 4.69) is 15.5 Å². The molecule has 8 nitrogen and oxygen atoms in total. The highest BCUT2D eigenvalue weighted by atomic mass is 16.4. The largest absolute Gasteiger partial charge is 0.480 e. The molecule has 0 aromatic carbocycles. The molecule has 0 spiro atoms. The van der Waals surface area contributed by atoms with Gasteiger partial charge in [-0.1, -0.05) is 13.8 Å². The quantitative estimate of drug-likeness (QED) is 0.702. The maximum Gasteiger partial charge on any atom is 0.323 e. The molecule has 17 heavy (non-hydrogen) atoms. The molecule has 0 fully saturated rings. The molecule has 1 amide bonds.